The van der Waals surface area contributed by atoms with Crippen molar-refractivity contribution < 1.29 is 19.1 Å². The lowest BCUT2D eigenvalue weighted by Gasteiger charge is -2.19. The zero-order chi connectivity index (χ0) is 23.3. The average molecular weight is 452 g/mol. The van der Waals surface area contributed by atoms with Crippen LogP contribution in [0.3, 0.4) is 0 Å². The van der Waals surface area contributed by atoms with Crippen LogP contribution in [0.5, 0.6) is 5.75 Å². The maximum atomic E-state index is 12.9. The number of carbonyl (C=O) groups excluding carboxylic acids is 2. The van der Waals surface area contributed by atoms with Gasteiger partial charge in [0.05, 0.1) is 13.2 Å². The summed E-state index contributed by atoms with van der Waals surface area (Å²) >= 11 is 1.31. The zero-order valence-electron chi connectivity index (χ0n) is 19.2. The fourth-order valence-electron chi connectivity index (χ4n) is 3.26. The first kappa shape index (κ1) is 23.5. The Kier molecular flexibility index (Phi) is 7.36. The molecule has 32 heavy (non-hydrogen) atoms. The molecule has 0 aliphatic heterocycles. The Bertz CT molecular complexity index is 1080. The van der Waals surface area contributed by atoms with Crippen molar-refractivity contribution in [1.29, 1.82) is 0 Å². The van der Waals surface area contributed by atoms with Crippen LogP contribution in [0, 0.1) is 0 Å². The van der Waals surface area contributed by atoms with Gasteiger partial charge in [-0.2, -0.15) is 0 Å². The van der Waals surface area contributed by atoms with E-state index in [1.807, 2.05) is 48.7 Å². The number of carbonyl (C=O) groups is 2. The number of thiophene rings is 1. The summed E-state index contributed by atoms with van der Waals surface area (Å²) in [6.45, 7) is 10.9. The maximum absolute atomic E-state index is 12.9. The van der Waals surface area contributed by atoms with E-state index in [9.17, 15) is 9.59 Å². The van der Waals surface area contributed by atoms with E-state index >= 15 is 0 Å². The maximum Gasteiger partial charge on any atom is 0.341 e. The van der Waals surface area contributed by atoms with Crippen LogP contribution in [0.15, 0.2) is 53.9 Å². The molecule has 5 nitrogen and oxygen atoms in total. The summed E-state index contributed by atoms with van der Waals surface area (Å²) in [5.41, 5.74) is 3.62. The normalized spacial score (nSPS) is 11.2. The van der Waals surface area contributed by atoms with Crippen molar-refractivity contribution in [3.05, 3.63) is 70.6 Å². The number of hydrogen-bond acceptors (Lipinski definition) is 5. The molecule has 168 valence electrons. The van der Waals surface area contributed by atoms with Gasteiger partial charge in [0, 0.05) is 16.5 Å². The van der Waals surface area contributed by atoms with Crippen LogP contribution in [-0.4, -0.2) is 25.1 Å². The molecule has 0 unspecified atom stereocenters. The second-order valence-electron chi connectivity index (χ2n) is 8.31. The number of anilines is 1. The second kappa shape index (κ2) is 10.0. The Labute approximate surface area is 193 Å². The number of rotatable bonds is 7. The van der Waals surface area contributed by atoms with Crippen LogP contribution in [0.25, 0.3) is 11.1 Å². The molecule has 0 aliphatic rings. The minimum Gasteiger partial charge on any atom is -0.494 e. The minimum absolute atomic E-state index is 0.00641. The van der Waals surface area contributed by atoms with Crippen LogP contribution >= 0.6 is 11.3 Å². The van der Waals surface area contributed by atoms with Gasteiger partial charge in [0.25, 0.3) is 5.91 Å². The lowest BCUT2D eigenvalue weighted by molar-refractivity contribution is 0.0529. The number of nitrogens with one attached hydrogen (secondary N) is 1. The molecule has 0 saturated carbocycles. The fourth-order valence-corrected chi connectivity index (χ4v) is 4.21. The van der Waals surface area contributed by atoms with Crippen LogP contribution < -0.4 is 10.1 Å². The summed E-state index contributed by atoms with van der Waals surface area (Å²) in [7, 11) is 0. The molecule has 0 radical (unpaired) electrons. The number of ether oxygens (including phenoxy) is 2. The Morgan fingerprint density at radius 3 is 2.16 bits per heavy atom. The highest BCUT2D eigenvalue weighted by Crippen LogP contribution is 2.37. The Hall–Kier alpha value is -3.12. The van der Waals surface area contributed by atoms with Crippen molar-refractivity contribution in [2.45, 2.75) is 40.0 Å². The first-order valence-electron chi connectivity index (χ1n) is 10.7. The standard InChI is InChI=1S/C26H29NO4S/c1-6-30-20-14-10-17(11-15-20)21-16-32-24(22(21)25(29)31-7-2)27-23(28)18-8-12-19(13-9-18)26(3,4)5/h8-16H,6-7H2,1-5H3,(H,27,28). The molecule has 1 amide bonds. The van der Waals surface area contributed by atoms with E-state index in [0.717, 1.165) is 22.4 Å². The first-order valence-corrected chi connectivity index (χ1v) is 11.6. The van der Waals surface area contributed by atoms with Crippen LogP contribution in [0.4, 0.5) is 5.00 Å². The molecule has 6 heteroatoms. The Balaban J connectivity index is 1.90. The van der Waals surface area contributed by atoms with E-state index in [0.29, 0.717) is 22.7 Å². The molecule has 0 saturated heterocycles. The van der Waals surface area contributed by atoms with Crippen molar-refractivity contribution in [3.8, 4) is 16.9 Å². The van der Waals surface area contributed by atoms with Gasteiger partial charge in [0.1, 0.15) is 16.3 Å². The Morgan fingerprint density at radius 1 is 0.938 bits per heavy atom. The van der Waals surface area contributed by atoms with Gasteiger partial charge in [-0.3, -0.25) is 4.79 Å². The third kappa shape index (κ3) is 5.37. The summed E-state index contributed by atoms with van der Waals surface area (Å²) in [5.74, 6) is 0.0310. The summed E-state index contributed by atoms with van der Waals surface area (Å²) in [4.78, 5) is 25.7. The van der Waals surface area contributed by atoms with Crippen molar-refractivity contribution in [1.82, 2.24) is 0 Å². The molecule has 3 aromatic rings. The van der Waals surface area contributed by atoms with Crippen LogP contribution in [-0.2, 0) is 10.2 Å². The highest BCUT2D eigenvalue weighted by atomic mass is 32.1. The number of amides is 1. The fraction of sp³-hybridized carbons (Fsp3) is 0.308. The van der Waals surface area contributed by atoms with Gasteiger partial charge >= 0.3 is 5.97 Å². The van der Waals surface area contributed by atoms with Crippen molar-refractivity contribution in [2.24, 2.45) is 0 Å². The number of benzene rings is 2. The summed E-state index contributed by atoms with van der Waals surface area (Å²) in [6.07, 6.45) is 0. The summed E-state index contributed by atoms with van der Waals surface area (Å²) in [5, 5.41) is 5.23. The van der Waals surface area contributed by atoms with Gasteiger partial charge in [-0.15, -0.1) is 11.3 Å². The molecule has 0 bridgehead atoms. The third-order valence-corrected chi connectivity index (χ3v) is 5.88. The van der Waals surface area contributed by atoms with E-state index in [4.69, 9.17) is 9.47 Å². The molecule has 3 rings (SSSR count). The highest BCUT2D eigenvalue weighted by molar-refractivity contribution is 7.15. The van der Waals surface area contributed by atoms with E-state index in [2.05, 4.69) is 26.1 Å². The van der Waals surface area contributed by atoms with Gasteiger partial charge in [0.2, 0.25) is 0 Å². The third-order valence-electron chi connectivity index (χ3n) is 4.99. The van der Waals surface area contributed by atoms with Crippen molar-refractivity contribution >= 4 is 28.2 Å². The quantitative estimate of drug-likeness (QED) is 0.414. The highest BCUT2D eigenvalue weighted by Gasteiger charge is 2.23. The molecular weight excluding hydrogens is 422 g/mol. The number of hydrogen-bond donors (Lipinski definition) is 1. The molecule has 1 heterocycles. The van der Waals surface area contributed by atoms with Gasteiger partial charge in [-0.05, 0) is 54.7 Å². The molecule has 0 aliphatic carbocycles. The van der Waals surface area contributed by atoms with Crippen LogP contribution in [0.2, 0.25) is 0 Å². The van der Waals surface area contributed by atoms with Crippen molar-refractivity contribution in [2.75, 3.05) is 18.5 Å². The molecule has 0 fully saturated rings. The smallest absolute Gasteiger partial charge is 0.341 e. The SMILES string of the molecule is CCOC(=O)c1c(-c2ccc(OCC)cc2)csc1NC(=O)c1ccc(C(C)(C)C)cc1. The van der Waals surface area contributed by atoms with Gasteiger partial charge in [-0.25, -0.2) is 4.79 Å². The molecule has 1 aromatic heterocycles. The van der Waals surface area contributed by atoms with Gasteiger partial charge in [-0.1, -0.05) is 45.0 Å². The van der Waals surface area contributed by atoms with E-state index in [1.165, 1.54) is 11.3 Å². The molecular formula is C26H29NO4S. The summed E-state index contributed by atoms with van der Waals surface area (Å²) < 4.78 is 10.8. The first-order chi connectivity index (χ1) is 15.2. The van der Waals surface area contributed by atoms with Gasteiger partial charge in [0.15, 0.2) is 0 Å². The summed E-state index contributed by atoms with van der Waals surface area (Å²) in [6, 6.07) is 15.0. The molecule has 1 N–H and O–H groups in total. The largest absolute Gasteiger partial charge is 0.494 e. The van der Waals surface area contributed by atoms with Gasteiger partial charge < -0.3 is 14.8 Å². The lowest BCUT2D eigenvalue weighted by Crippen LogP contribution is -2.16. The van der Waals surface area contributed by atoms with E-state index in [1.54, 1.807) is 19.1 Å². The lowest BCUT2D eigenvalue weighted by atomic mass is 9.87. The average Bonchev–Trinajstić information content (AvgIpc) is 3.17. The number of esters is 1. The topological polar surface area (TPSA) is 64.6 Å². The zero-order valence-corrected chi connectivity index (χ0v) is 20.0. The van der Waals surface area contributed by atoms with Crippen molar-refractivity contribution in [3.63, 3.8) is 0 Å². The second-order valence-corrected chi connectivity index (χ2v) is 9.19. The predicted octanol–water partition coefficient (Wildman–Crippen LogP) is 6.54. The minimum atomic E-state index is -0.462. The molecule has 0 spiro atoms. The predicted molar refractivity (Wildman–Crippen MR) is 130 cm³/mol. The molecule has 2 aromatic carbocycles. The van der Waals surface area contributed by atoms with E-state index in [-0.39, 0.29) is 17.9 Å². The molecule has 0 atom stereocenters. The van der Waals surface area contributed by atoms with E-state index < -0.39 is 5.97 Å². The van der Waals surface area contributed by atoms with Crippen LogP contribution in [0.1, 0.15) is 60.9 Å². The Morgan fingerprint density at radius 2 is 1.59 bits per heavy atom. The monoisotopic (exact) mass is 451 g/mol.